The Morgan fingerprint density at radius 1 is 1.37 bits per heavy atom. The third-order valence-electron chi connectivity index (χ3n) is 2.59. The molecule has 19 heavy (non-hydrogen) atoms. The summed E-state index contributed by atoms with van der Waals surface area (Å²) in [5.41, 5.74) is 1.28. The largest absolute Gasteiger partial charge is 0.487 e. The molecule has 0 spiro atoms. The number of benzene rings is 1. The maximum atomic E-state index is 13.2. The van der Waals surface area contributed by atoms with Crippen molar-refractivity contribution in [1.29, 1.82) is 0 Å². The Balaban J connectivity index is 2.14. The van der Waals surface area contributed by atoms with E-state index in [4.69, 9.17) is 4.74 Å². The smallest absolute Gasteiger partial charge is 0.130 e. The minimum absolute atomic E-state index is 0.219. The van der Waals surface area contributed by atoms with Crippen LogP contribution in [0.15, 0.2) is 41.0 Å². The number of aliphatic hydroxyl groups excluding tert-OH is 1. The van der Waals surface area contributed by atoms with Crippen molar-refractivity contribution in [2.24, 2.45) is 0 Å². The van der Waals surface area contributed by atoms with Gasteiger partial charge in [0.2, 0.25) is 0 Å². The second-order valence-electron chi connectivity index (χ2n) is 4.11. The molecule has 2 aromatic rings. The maximum Gasteiger partial charge on any atom is 0.130 e. The fraction of sp³-hybridized carbons (Fsp3) is 0.214. The van der Waals surface area contributed by atoms with Crippen LogP contribution in [0, 0.1) is 5.82 Å². The lowest BCUT2D eigenvalue weighted by Crippen LogP contribution is -2.02. The van der Waals surface area contributed by atoms with E-state index < -0.39 is 11.9 Å². The SMILES string of the molecule is C[C@@H](O)c1ccc(F)cc1OCc1ccc(Br)cn1. The van der Waals surface area contributed by atoms with E-state index in [2.05, 4.69) is 20.9 Å². The van der Waals surface area contributed by atoms with E-state index in [1.54, 1.807) is 13.1 Å². The normalized spacial score (nSPS) is 12.2. The van der Waals surface area contributed by atoms with Crippen LogP contribution in [-0.4, -0.2) is 10.1 Å². The number of hydrogen-bond donors (Lipinski definition) is 1. The summed E-state index contributed by atoms with van der Waals surface area (Å²) < 4.78 is 19.6. The van der Waals surface area contributed by atoms with E-state index in [1.807, 2.05) is 12.1 Å². The number of nitrogens with zero attached hydrogens (tertiary/aromatic N) is 1. The maximum absolute atomic E-state index is 13.2. The van der Waals surface area contributed by atoms with Gasteiger partial charge < -0.3 is 9.84 Å². The monoisotopic (exact) mass is 325 g/mol. The molecule has 1 heterocycles. The molecule has 0 aliphatic rings. The summed E-state index contributed by atoms with van der Waals surface area (Å²) in [6, 6.07) is 7.75. The first kappa shape index (κ1) is 14.0. The molecule has 0 aliphatic heterocycles. The zero-order chi connectivity index (χ0) is 13.8. The van der Waals surface area contributed by atoms with Crippen molar-refractivity contribution in [3.05, 3.63) is 58.1 Å². The Hall–Kier alpha value is -1.46. The van der Waals surface area contributed by atoms with E-state index in [1.165, 1.54) is 18.2 Å². The van der Waals surface area contributed by atoms with Crippen LogP contribution in [0.1, 0.15) is 24.3 Å². The van der Waals surface area contributed by atoms with Gasteiger partial charge in [0.15, 0.2) is 0 Å². The van der Waals surface area contributed by atoms with E-state index in [9.17, 15) is 9.50 Å². The van der Waals surface area contributed by atoms with Crippen molar-refractivity contribution >= 4 is 15.9 Å². The zero-order valence-electron chi connectivity index (χ0n) is 10.3. The van der Waals surface area contributed by atoms with Crippen molar-refractivity contribution in [1.82, 2.24) is 4.98 Å². The lowest BCUT2D eigenvalue weighted by atomic mass is 10.1. The Kier molecular flexibility index (Phi) is 4.50. The Morgan fingerprint density at radius 2 is 2.16 bits per heavy atom. The molecule has 0 fully saturated rings. The van der Waals surface area contributed by atoms with Gasteiger partial charge in [0.05, 0.1) is 11.8 Å². The number of aromatic nitrogens is 1. The molecular weight excluding hydrogens is 313 g/mol. The summed E-state index contributed by atoms with van der Waals surface area (Å²) in [5.74, 6) is -0.0668. The average Bonchev–Trinajstić information content (AvgIpc) is 2.38. The van der Waals surface area contributed by atoms with Crippen molar-refractivity contribution in [2.75, 3.05) is 0 Å². The summed E-state index contributed by atoms with van der Waals surface area (Å²) in [5, 5.41) is 9.60. The van der Waals surface area contributed by atoms with Gasteiger partial charge in [-0.05, 0) is 47.1 Å². The fourth-order valence-corrected chi connectivity index (χ4v) is 1.86. The molecule has 0 saturated carbocycles. The van der Waals surface area contributed by atoms with E-state index in [0.717, 1.165) is 10.2 Å². The topological polar surface area (TPSA) is 42.4 Å². The fourth-order valence-electron chi connectivity index (χ4n) is 1.62. The lowest BCUT2D eigenvalue weighted by molar-refractivity contribution is 0.189. The Bertz CT molecular complexity index is 558. The summed E-state index contributed by atoms with van der Waals surface area (Å²) in [6.45, 7) is 1.83. The number of halogens is 2. The van der Waals surface area contributed by atoms with E-state index in [-0.39, 0.29) is 6.61 Å². The minimum Gasteiger partial charge on any atom is -0.487 e. The van der Waals surface area contributed by atoms with Crippen molar-refractivity contribution in [3.8, 4) is 5.75 Å². The van der Waals surface area contributed by atoms with Crippen molar-refractivity contribution < 1.29 is 14.2 Å². The third kappa shape index (κ3) is 3.75. The molecule has 2 rings (SSSR count). The summed E-state index contributed by atoms with van der Waals surface area (Å²) in [6.07, 6.45) is 0.952. The highest BCUT2D eigenvalue weighted by Crippen LogP contribution is 2.26. The second-order valence-corrected chi connectivity index (χ2v) is 5.03. The molecule has 0 aliphatic carbocycles. The number of pyridine rings is 1. The molecule has 1 aromatic carbocycles. The first-order chi connectivity index (χ1) is 9.06. The summed E-state index contributed by atoms with van der Waals surface area (Å²) in [7, 11) is 0. The van der Waals surface area contributed by atoms with Crippen LogP contribution in [-0.2, 0) is 6.61 Å². The molecule has 0 amide bonds. The number of rotatable bonds is 4. The minimum atomic E-state index is -0.714. The second kappa shape index (κ2) is 6.12. The quantitative estimate of drug-likeness (QED) is 0.933. The van der Waals surface area contributed by atoms with E-state index in [0.29, 0.717) is 11.3 Å². The predicted octanol–water partition coefficient (Wildman–Crippen LogP) is 3.62. The molecule has 0 radical (unpaired) electrons. The van der Waals surface area contributed by atoms with Gasteiger partial charge in [0.1, 0.15) is 18.2 Å². The zero-order valence-corrected chi connectivity index (χ0v) is 11.9. The highest BCUT2D eigenvalue weighted by Gasteiger charge is 2.10. The molecule has 1 N–H and O–H groups in total. The summed E-state index contributed by atoms with van der Waals surface area (Å²) in [4.78, 5) is 4.16. The first-order valence-electron chi connectivity index (χ1n) is 5.77. The van der Waals surface area contributed by atoms with Crippen LogP contribution in [0.2, 0.25) is 0 Å². The number of hydrogen-bond acceptors (Lipinski definition) is 3. The van der Waals surface area contributed by atoms with E-state index >= 15 is 0 Å². The van der Waals surface area contributed by atoms with Crippen LogP contribution in [0.3, 0.4) is 0 Å². The molecule has 5 heteroatoms. The van der Waals surface area contributed by atoms with Crippen LogP contribution in [0.5, 0.6) is 5.75 Å². The standard InChI is InChI=1S/C14H13BrFNO2/c1-9(18)13-5-3-11(16)6-14(13)19-8-12-4-2-10(15)7-17-12/h2-7,9,18H,8H2,1H3/t9-/m1/s1. The third-order valence-corrected chi connectivity index (χ3v) is 3.06. The van der Waals surface area contributed by atoms with Crippen LogP contribution in [0.4, 0.5) is 4.39 Å². The van der Waals surface area contributed by atoms with Gasteiger partial charge in [-0.1, -0.05) is 0 Å². The van der Waals surface area contributed by atoms with Gasteiger partial charge >= 0.3 is 0 Å². The molecule has 0 bridgehead atoms. The molecule has 3 nitrogen and oxygen atoms in total. The van der Waals surface area contributed by atoms with Gasteiger partial charge in [-0.2, -0.15) is 0 Å². The first-order valence-corrected chi connectivity index (χ1v) is 6.56. The average molecular weight is 326 g/mol. The van der Waals surface area contributed by atoms with Crippen LogP contribution >= 0.6 is 15.9 Å². The molecule has 0 saturated heterocycles. The Labute approximate surface area is 119 Å². The molecule has 100 valence electrons. The van der Waals surface area contributed by atoms with Crippen LogP contribution < -0.4 is 4.74 Å². The highest BCUT2D eigenvalue weighted by molar-refractivity contribution is 9.10. The predicted molar refractivity (Wildman–Crippen MR) is 73.3 cm³/mol. The molecule has 1 atom stereocenters. The van der Waals surface area contributed by atoms with Gasteiger partial charge in [-0.3, -0.25) is 4.98 Å². The van der Waals surface area contributed by atoms with Gasteiger partial charge in [0, 0.05) is 22.3 Å². The molecular formula is C14H13BrFNO2. The number of ether oxygens (including phenoxy) is 1. The molecule has 0 unspecified atom stereocenters. The number of aliphatic hydroxyl groups is 1. The molecule has 1 aromatic heterocycles. The van der Waals surface area contributed by atoms with Gasteiger partial charge in [-0.25, -0.2) is 4.39 Å². The van der Waals surface area contributed by atoms with Crippen molar-refractivity contribution in [2.45, 2.75) is 19.6 Å². The Morgan fingerprint density at radius 3 is 2.79 bits per heavy atom. The van der Waals surface area contributed by atoms with Crippen molar-refractivity contribution in [3.63, 3.8) is 0 Å². The highest BCUT2D eigenvalue weighted by atomic mass is 79.9. The van der Waals surface area contributed by atoms with Gasteiger partial charge in [-0.15, -0.1) is 0 Å². The summed E-state index contributed by atoms with van der Waals surface area (Å²) >= 11 is 3.30. The lowest BCUT2D eigenvalue weighted by Gasteiger charge is -2.13. The van der Waals surface area contributed by atoms with Crippen LogP contribution in [0.25, 0.3) is 0 Å². The van der Waals surface area contributed by atoms with Gasteiger partial charge in [0.25, 0.3) is 0 Å².